The molecular formula is C14H27NNaO6S. The molecule has 7 nitrogen and oxygen atoms in total. The van der Waals surface area contributed by atoms with Gasteiger partial charge >= 0.3 is 5.97 Å². The predicted molar refractivity (Wildman–Crippen MR) is 88.7 cm³/mol. The van der Waals surface area contributed by atoms with Crippen molar-refractivity contribution >= 4 is 51.6 Å². The number of hydrogen-bond donors (Lipinski definition) is 2. The molecule has 1 unspecified atom stereocenters. The van der Waals surface area contributed by atoms with Crippen LogP contribution in [0, 0.1) is 0 Å². The van der Waals surface area contributed by atoms with Crippen LogP contribution in [0.15, 0.2) is 0 Å². The van der Waals surface area contributed by atoms with Crippen molar-refractivity contribution in [2.75, 3.05) is 13.2 Å². The van der Waals surface area contributed by atoms with E-state index in [2.05, 4.69) is 5.32 Å². The monoisotopic (exact) mass is 360 g/mol. The molecule has 0 aliphatic heterocycles. The van der Waals surface area contributed by atoms with Crippen molar-refractivity contribution in [2.24, 2.45) is 0 Å². The molecule has 0 spiro atoms. The molecule has 0 rings (SSSR count). The standard InChI is InChI=1S/C14H27NO6S.Na/c1-3-5-7-9-15-13(16)11-12(22(18,19)20)14(17)21-10-8-6-4-2;/h12H,3-11H2,1-2H3,(H,15,16)(H,18,19,20);. The van der Waals surface area contributed by atoms with E-state index in [0.29, 0.717) is 13.0 Å². The Labute approximate surface area is 161 Å². The Morgan fingerprint density at radius 1 is 1.09 bits per heavy atom. The van der Waals surface area contributed by atoms with Crippen LogP contribution in [0.25, 0.3) is 0 Å². The number of esters is 1. The summed E-state index contributed by atoms with van der Waals surface area (Å²) in [5, 5.41) is 0.668. The Balaban J connectivity index is 0. The van der Waals surface area contributed by atoms with Crippen LogP contribution in [-0.2, 0) is 24.4 Å². The molecule has 0 saturated carbocycles. The van der Waals surface area contributed by atoms with Gasteiger partial charge in [-0.3, -0.25) is 14.1 Å². The quantitative estimate of drug-likeness (QED) is 0.235. The summed E-state index contributed by atoms with van der Waals surface area (Å²) in [6, 6.07) is 0. The zero-order valence-corrected chi connectivity index (χ0v) is 17.2. The number of rotatable bonds is 12. The molecule has 1 atom stereocenters. The summed E-state index contributed by atoms with van der Waals surface area (Å²) in [5.41, 5.74) is 0. The maximum atomic E-state index is 11.7. The molecular weight excluding hydrogens is 333 g/mol. The fraction of sp³-hybridized carbons (Fsp3) is 0.857. The third-order valence-electron chi connectivity index (χ3n) is 3.09. The molecule has 1 radical (unpaired) electrons. The van der Waals surface area contributed by atoms with Crippen LogP contribution >= 0.6 is 0 Å². The maximum Gasteiger partial charge on any atom is 0.327 e. The van der Waals surface area contributed by atoms with Crippen LogP contribution in [0.3, 0.4) is 0 Å². The first-order valence-corrected chi connectivity index (χ1v) is 9.22. The summed E-state index contributed by atoms with van der Waals surface area (Å²) in [4.78, 5) is 23.4. The van der Waals surface area contributed by atoms with Gasteiger partial charge < -0.3 is 10.1 Å². The first-order valence-electron chi connectivity index (χ1n) is 7.72. The predicted octanol–water partition coefficient (Wildman–Crippen LogP) is 1.29. The smallest absolute Gasteiger partial charge is 0.327 e. The van der Waals surface area contributed by atoms with Gasteiger partial charge in [0.2, 0.25) is 5.91 Å². The van der Waals surface area contributed by atoms with Crippen molar-refractivity contribution in [3.63, 3.8) is 0 Å². The van der Waals surface area contributed by atoms with Crippen LogP contribution in [0.2, 0.25) is 0 Å². The van der Waals surface area contributed by atoms with E-state index in [9.17, 15) is 18.0 Å². The fourth-order valence-electron chi connectivity index (χ4n) is 1.77. The average Bonchev–Trinajstić information content (AvgIpc) is 2.44. The molecule has 0 aromatic heterocycles. The molecule has 0 aromatic rings. The van der Waals surface area contributed by atoms with Gasteiger partial charge in [-0.1, -0.05) is 39.5 Å². The van der Waals surface area contributed by atoms with E-state index in [-0.39, 0.29) is 36.2 Å². The van der Waals surface area contributed by atoms with Crippen molar-refractivity contribution in [1.82, 2.24) is 5.32 Å². The van der Waals surface area contributed by atoms with Crippen molar-refractivity contribution < 1.29 is 27.3 Å². The van der Waals surface area contributed by atoms with Crippen LogP contribution < -0.4 is 5.32 Å². The second-order valence-electron chi connectivity index (χ2n) is 5.14. The zero-order valence-electron chi connectivity index (χ0n) is 14.3. The summed E-state index contributed by atoms with van der Waals surface area (Å²) < 4.78 is 36.4. The molecule has 0 saturated heterocycles. The molecule has 23 heavy (non-hydrogen) atoms. The number of hydrogen-bond acceptors (Lipinski definition) is 5. The number of carbonyl (C=O) groups excluding carboxylic acids is 2. The van der Waals surface area contributed by atoms with Gasteiger partial charge in [0.25, 0.3) is 10.1 Å². The average molecular weight is 360 g/mol. The minimum atomic E-state index is -4.67. The summed E-state index contributed by atoms with van der Waals surface area (Å²) in [5.74, 6) is -1.67. The van der Waals surface area contributed by atoms with E-state index >= 15 is 0 Å². The van der Waals surface area contributed by atoms with E-state index in [4.69, 9.17) is 9.29 Å². The molecule has 131 valence electrons. The number of amides is 1. The van der Waals surface area contributed by atoms with E-state index in [1.165, 1.54) is 0 Å². The summed E-state index contributed by atoms with van der Waals surface area (Å²) >= 11 is 0. The van der Waals surface area contributed by atoms with Crippen LogP contribution in [-0.4, -0.2) is 72.8 Å². The Bertz CT molecular complexity index is 441. The van der Waals surface area contributed by atoms with E-state index in [1.54, 1.807) is 0 Å². The van der Waals surface area contributed by atoms with Gasteiger partial charge in [0, 0.05) is 36.1 Å². The van der Waals surface area contributed by atoms with Gasteiger partial charge in [0.1, 0.15) is 0 Å². The third-order valence-corrected chi connectivity index (χ3v) is 4.17. The van der Waals surface area contributed by atoms with E-state index in [0.717, 1.165) is 32.1 Å². The minimum Gasteiger partial charge on any atom is -0.465 e. The molecule has 2 N–H and O–H groups in total. The first-order chi connectivity index (χ1) is 10.3. The van der Waals surface area contributed by atoms with Crippen molar-refractivity contribution in [3.8, 4) is 0 Å². The molecule has 1 amide bonds. The third kappa shape index (κ3) is 12.9. The number of nitrogens with one attached hydrogen (secondary N) is 1. The van der Waals surface area contributed by atoms with Gasteiger partial charge in [-0.05, 0) is 12.8 Å². The second-order valence-corrected chi connectivity index (χ2v) is 6.74. The van der Waals surface area contributed by atoms with Gasteiger partial charge in [-0.15, -0.1) is 0 Å². The van der Waals surface area contributed by atoms with E-state index < -0.39 is 33.7 Å². The summed E-state index contributed by atoms with van der Waals surface area (Å²) in [6.45, 7) is 4.49. The molecule has 0 bridgehead atoms. The number of carbonyl (C=O) groups is 2. The van der Waals surface area contributed by atoms with Gasteiger partial charge in [0.05, 0.1) is 13.0 Å². The maximum absolute atomic E-state index is 11.7. The van der Waals surface area contributed by atoms with Crippen molar-refractivity contribution in [1.29, 1.82) is 0 Å². The van der Waals surface area contributed by atoms with Crippen LogP contribution in [0.5, 0.6) is 0 Å². The molecule has 0 aliphatic rings. The normalized spacial score (nSPS) is 12.1. The molecule has 0 aliphatic carbocycles. The molecule has 9 heteroatoms. The van der Waals surface area contributed by atoms with Crippen LogP contribution in [0.1, 0.15) is 58.8 Å². The van der Waals surface area contributed by atoms with E-state index in [1.807, 2.05) is 13.8 Å². The fourth-order valence-corrected chi connectivity index (χ4v) is 2.44. The summed E-state index contributed by atoms with van der Waals surface area (Å²) in [6.07, 6.45) is 4.48. The Kier molecular flexibility index (Phi) is 15.5. The topological polar surface area (TPSA) is 110 Å². The van der Waals surface area contributed by atoms with Crippen LogP contribution in [0.4, 0.5) is 0 Å². The largest absolute Gasteiger partial charge is 0.465 e. The summed E-state index contributed by atoms with van der Waals surface area (Å²) in [7, 11) is -4.67. The van der Waals surface area contributed by atoms with Gasteiger partial charge in [-0.25, -0.2) is 0 Å². The number of ether oxygens (including phenoxy) is 1. The Morgan fingerprint density at radius 2 is 1.65 bits per heavy atom. The second kappa shape index (κ2) is 14.2. The first kappa shape index (κ1) is 25.1. The van der Waals surface area contributed by atoms with Crippen molar-refractivity contribution in [2.45, 2.75) is 64.0 Å². The minimum absolute atomic E-state index is 0. The van der Waals surface area contributed by atoms with Gasteiger partial charge in [0.15, 0.2) is 5.25 Å². The van der Waals surface area contributed by atoms with Gasteiger partial charge in [-0.2, -0.15) is 8.42 Å². The zero-order chi connectivity index (χ0) is 17.0. The Hall–Kier alpha value is -0.150. The SMILES string of the molecule is CCCCCNC(=O)CC(C(=O)OCCCCC)S(=O)(=O)O.[Na]. The molecule has 0 fully saturated rings. The van der Waals surface area contributed by atoms with Crippen molar-refractivity contribution in [3.05, 3.63) is 0 Å². The number of unbranched alkanes of at least 4 members (excludes halogenated alkanes) is 4. The molecule has 0 heterocycles. The molecule has 0 aromatic carbocycles. The Morgan fingerprint density at radius 3 is 2.17 bits per heavy atom.